The highest BCUT2D eigenvalue weighted by Crippen LogP contribution is 2.28. The van der Waals surface area contributed by atoms with Gasteiger partial charge in [-0.2, -0.15) is 0 Å². The first kappa shape index (κ1) is 18.7. The van der Waals surface area contributed by atoms with Gasteiger partial charge in [0.15, 0.2) is 0 Å². The van der Waals surface area contributed by atoms with Gasteiger partial charge in [0.25, 0.3) is 5.91 Å². The zero-order valence-electron chi connectivity index (χ0n) is 16.1. The number of methoxy groups -OCH3 is 1. The maximum Gasteiger partial charge on any atom is 0.251 e. The fourth-order valence-corrected chi connectivity index (χ4v) is 4.00. The fourth-order valence-electron chi connectivity index (χ4n) is 4.00. The van der Waals surface area contributed by atoms with Crippen LogP contribution in [-0.4, -0.2) is 60.9 Å². The molecule has 0 aliphatic carbocycles. The van der Waals surface area contributed by atoms with Gasteiger partial charge >= 0.3 is 0 Å². The minimum Gasteiger partial charge on any atom is -0.497 e. The third-order valence-electron chi connectivity index (χ3n) is 5.53. The van der Waals surface area contributed by atoms with E-state index in [-0.39, 0.29) is 24.3 Å². The second-order valence-electron chi connectivity index (χ2n) is 7.29. The molecule has 2 fully saturated rings. The van der Waals surface area contributed by atoms with Crippen LogP contribution >= 0.6 is 0 Å². The van der Waals surface area contributed by atoms with Gasteiger partial charge in [0, 0.05) is 38.8 Å². The van der Waals surface area contributed by atoms with Crippen LogP contribution in [0.4, 0.5) is 5.69 Å². The highest BCUT2D eigenvalue weighted by atomic mass is 16.5. The van der Waals surface area contributed by atoms with Gasteiger partial charge in [0.1, 0.15) is 5.75 Å². The molecule has 1 atom stereocenters. The Bertz CT molecular complexity index is 847. The summed E-state index contributed by atoms with van der Waals surface area (Å²) in [5.41, 5.74) is 1.88. The van der Waals surface area contributed by atoms with Crippen molar-refractivity contribution in [3.63, 3.8) is 0 Å². The largest absolute Gasteiger partial charge is 0.497 e. The summed E-state index contributed by atoms with van der Waals surface area (Å²) in [6.45, 7) is 4.30. The van der Waals surface area contributed by atoms with Crippen molar-refractivity contribution in [1.29, 1.82) is 0 Å². The number of hydrogen-bond acceptors (Lipinski definition) is 5. The summed E-state index contributed by atoms with van der Waals surface area (Å²) in [7, 11) is 1.57. The topological polar surface area (TPSA) is 53.1 Å². The predicted octanol–water partition coefficient (Wildman–Crippen LogP) is 2.14. The van der Waals surface area contributed by atoms with E-state index in [4.69, 9.17) is 4.74 Å². The van der Waals surface area contributed by atoms with Gasteiger partial charge in [-0.3, -0.25) is 19.4 Å². The van der Waals surface area contributed by atoms with E-state index in [0.717, 1.165) is 32.7 Å². The molecule has 2 heterocycles. The third-order valence-corrected chi connectivity index (χ3v) is 5.53. The van der Waals surface area contributed by atoms with Crippen LogP contribution in [0.3, 0.4) is 0 Å². The minimum atomic E-state index is -0.363. The van der Waals surface area contributed by atoms with Crippen molar-refractivity contribution in [1.82, 2.24) is 9.80 Å². The summed E-state index contributed by atoms with van der Waals surface area (Å²) >= 11 is 0. The van der Waals surface area contributed by atoms with Gasteiger partial charge in [0.2, 0.25) is 5.91 Å². The first-order chi connectivity index (χ1) is 13.7. The molecule has 6 heteroatoms. The van der Waals surface area contributed by atoms with Crippen molar-refractivity contribution in [2.75, 3.05) is 38.2 Å². The molecule has 2 aromatic rings. The molecule has 0 radical (unpaired) electrons. The Morgan fingerprint density at radius 3 is 2.43 bits per heavy atom. The Morgan fingerprint density at radius 2 is 1.71 bits per heavy atom. The lowest BCUT2D eigenvalue weighted by molar-refractivity contribution is -0.123. The molecule has 6 nitrogen and oxygen atoms in total. The monoisotopic (exact) mass is 379 g/mol. The predicted molar refractivity (Wildman–Crippen MR) is 107 cm³/mol. The van der Waals surface area contributed by atoms with E-state index in [0.29, 0.717) is 11.4 Å². The van der Waals surface area contributed by atoms with Crippen molar-refractivity contribution in [2.24, 2.45) is 0 Å². The molecule has 2 saturated heterocycles. The van der Waals surface area contributed by atoms with Gasteiger partial charge in [-0.15, -0.1) is 0 Å². The first-order valence-corrected chi connectivity index (χ1v) is 9.67. The van der Waals surface area contributed by atoms with Gasteiger partial charge in [0.05, 0.1) is 25.3 Å². The van der Waals surface area contributed by atoms with Crippen LogP contribution in [0, 0.1) is 0 Å². The Kier molecular flexibility index (Phi) is 5.41. The number of benzene rings is 2. The van der Waals surface area contributed by atoms with Crippen LogP contribution in [0.1, 0.15) is 12.0 Å². The maximum atomic E-state index is 13.0. The molecule has 2 aliphatic rings. The number of carbonyl (C=O) groups excluding carboxylic acids is 2. The van der Waals surface area contributed by atoms with Crippen LogP contribution < -0.4 is 9.64 Å². The highest BCUT2D eigenvalue weighted by Gasteiger charge is 2.43. The number of rotatable bonds is 5. The highest BCUT2D eigenvalue weighted by molar-refractivity contribution is 6.22. The van der Waals surface area contributed by atoms with Crippen molar-refractivity contribution < 1.29 is 14.3 Å². The number of imide groups is 1. The average molecular weight is 379 g/mol. The molecule has 2 aliphatic heterocycles. The molecular formula is C22H25N3O3. The number of carbonyl (C=O) groups is 2. The number of piperazine rings is 1. The number of ether oxygens (including phenoxy) is 1. The van der Waals surface area contributed by atoms with Gasteiger partial charge < -0.3 is 4.74 Å². The quantitative estimate of drug-likeness (QED) is 0.745. The SMILES string of the molecule is COc1cccc(N2C(=O)C[C@@H](N3CCN(Cc4ccccc4)CC3)C2=O)c1. The van der Waals surface area contributed by atoms with E-state index in [2.05, 4.69) is 34.1 Å². The van der Waals surface area contributed by atoms with E-state index in [9.17, 15) is 9.59 Å². The lowest BCUT2D eigenvalue weighted by Gasteiger charge is -2.37. The molecule has 0 spiro atoms. The van der Waals surface area contributed by atoms with Crippen LogP contribution in [0.25, 0.3) is 0 Å². The molecule has 28 heavy (non-hydrogen) atoms. The Hall–Kier alpha value is -2.70. The van der Waals surface area contributed by atoms with Crippen molar-refractivity contribution >= 4 is 17.5 Å². The number of anilines is 1. The van der Waals surface area contributed by atoms with Gasteiger partial charge in [-0.25, -0.2) is 4.90 Å². The first-order valence-electron chi connectivity index (χ1n) is 9.67. The number of amides is 2. The third kappa shape index (κ3) is 3.79. The molecule has 4 rings (SSSR count). The zero-order valence-corrected chi connectivity index (χ0v) is 16.1. The van der Waals surface area contributed by atoms with Gasteiger partial charge in [-0.05, 0) is 17.7 Å². The summed E-state index contributed by atoms with van der Waals surface area (Å²) in [5.74, 6) is 0.362. The van der Waals surface area contributed by atoms with E-state index < -0.39 is 0 Å². The average Bonchev–Trinajstić information content (AvgIpc) is 3.03. The summed E-state index contributed by atoms with van der Waals surface area (Å²) in [5, 5.41) is 0. The van der Waals surface area contributed by atoms with Gasteiger partial charge in [-0.1, -0.05) is 36.4 Å². The number of nitrogens with zero attached hydrogens (tertiary/aromatic N) is 3. The Balaban J connectivity index is 1.39. The minimum absolute atomic E-state index is 0.130. The molecule has 2 aromatic carbocycles. The zero-order chi connectivity index (χ0) is 19.5. The summed E-state index contributed by atoms with van der Waals surface area (Å²) in [4.78, 5) is 31.4. The smallest absolute Gasteiger partial charge is 0.251 e. The maximum absolute atomic E-state index is 13.0. The summed E-state index contributed by atoms with van der Waals surface area (Å²) in [6.07, 6.45) is 0.245. The molecule has 0 saturated carbocycles. The fraction of sp³-hybridized carbons (Fsp3) is 0.364. The molecule has 0 bridgehead atoms. The molecule has 0 aromatic heterocycles. The van der Waals surface area contributed by atoms with E-state index in [1.54, 1.807) is 31.4 Å². The van der Waals surface area contributed by atoms with Crippen molar-refractivity contribution in [3.05, 3.63) is 60.2 Å². The second kappa shape index (κ2) is 8.12. The number of hydrogen-bond donors (Lipinski definition) is 0. The van der Waals surface area contributed by atoms with Crippen molar-refractivity contribution in [3.8, 4) is 5.75 Å². The lowest BCUT2D eigenvalue weighted by Crippen LogP contribution is -2.52. The standard InChI is InChI=1S/C22H25N3O3/c1-28-19-9-5-8-18(14-19)25-21(26)15-20(22(25)27)24-12-10-23(11-13-24)16-17-6-3-2-4-7-17/h2-9,14,20H,10-13,15-16H2,1H3/t20-/m1/s1. The Labute approximate surface area is 165 Å². The van der Waals surface area contributed by atoms with Crippen LogP contribution in [0.2, 0.25) is 0 Å². The lowest BCUT2D eigenvalue weighted by atomic mass is 10.1. The molecular weight excluding hydrogens is 354 g/mol. The van der Waals surface area contributed by atoms with Crippen LogP contribution in [-0.2, 0) is 16.1 Å². The molecule has 0 N–H and O–H groups in total. The molecule has 2 amide bonds. The normalized spacial score (nSPS) is 21.3. The molecule has 146 valence electrons. The Morgan fingerprint density at radius 1 is 0.964 bits per heavy atom. The molecule has 0 unspecified atom stereocenters. The van der Waals surface area contributed by atoms with E-state index in [1.807, 2.05) is 6.07 Å². The van der Waals surface area contributed by atoms with Crippen LogP contribution in [0.15, 0.2) is 54.6 Å². The van der Waals surface area contributed by atoms with E-state index >= 15 is 0 Å². The summed E-state index contributed by atoms with van der Waals surface area (Å²) < 4.78 is 5.22. The summed E-state index contributed by atoms with van der Waals surface area (Å²) in [6, 6.07) is 17.2. The van der Waals surface area contributed by atoms with Crippen LogP contribution in [0.5, 0.6) is 5.75 Å². The van der Waals surface area contributed by atoms with Crippen molar-refractivity contribution in [2.45, 2.75) is 19.0 Å². The second-order valence-corrected chi connectivity index (χ2v) is 7.29. The van der Waals surface area contributed by atoms with E-state index in [1.165, 1.54) is 10.5 Å².